The summed E-state index contributed by atoms with van der Waals surface area (Å²) in [6, 6.07) is 7.11. The van der Waals surface area contributed by atoms with Crippen LogP contribution in [0.3, 0.4) is 0 Å². The first-order valence-corrected chi connectivity index (χ1v) is 6.79. The number of aryl methyl sites for hydroxylation is 1. The Morgan fingerprint density at radius 3 is 2.68 bits per heavy atom. The number of fused-ring (bicyclic) bond motifs is 3. The van der Waals surface area contributed by atoms with Gasteiger partial charge in [0.05, 0.1) is 6.20 Å². The number of hydrogen-bond acceptors (Lipinski definition) is 4. The zero-order valence-electron chi connectivity index (χ0n) is 11.3. The van der Waals surface area contributed by atoms with Crippen molar-refractivity contribution in [3.8, 4) is 11.3 Å². The Balaban J connectivity index is 2.04. The summed E-state index contributed by atoms with van der Waals surface area (Å²) in [5.74, 6) is 0.793. The van der Waals surface area contributed by atoms with Gasteiger partial charge in [-0.3, -0.25) is 18.7 Å². The van der Waals surface area contributed by atoms with Crippen molar-refractivity contribution in [3.05, 3.63) is 56.3 Å². The molecule has 1 aromatic carbocycles. The van der Waals surface area contributed by atoms with Crippen LogP contribution in [0, 0.1) is 0 Å². The monoisotopic (exact) mass is 316 g/mol. The average molecular weight is 317 g/mol. The van der Waals surface area contributed by atoms with E-state index in [2.05, 4.69) is 9.97 Å². The molecule has 0 saturated carbocycles. The summed E-state index contributed by atoms with van der Waals surface area (Å²) in [6.45, 7) is 0. The molecule has 0 fully saturated rings. The number of imidazole rings is 1. The summed E-state index contributed by atoms with van der Waals surface area (Å²) in [4.78, 5) is 30.1. The molecule has 22 heavy (non-hydrogen) atoms. The number of nitrogens with zero attached hydrogens (tertiary/aromatic N) is 3. The van der Waals surface area contributed by atoms with E-state index in [9.17, 15) is 9.59 Å². The van der Waals surface area contributed by atoms with E-state index in [-0.39, 0.29) is 17.0 Å². The summed E-state index contributed by atoms with van der Waals surface area (Å²) < 4.78 is 8.46. The van der Waals surface area contributed by atoms with Gasteiger partial charge in [0.15, 0.2) is 16.9 Å². The number of aromatic nitrogens is 4. The smallest absolute Gasteiger partial charge is 0.329 e. The average Bonchev–Trinajstić information content (AvgIpc) is 3.03. The number of halogens is 1. The largest absolute Gasteiger partial charge is 0.423 e. The van der Waals surface area contributed by atoms with E-state index >= 15 is 0 Å². The molecule has 0 unspecified atom stereocenters. The van der Waals surface area contributed by atoms with Crippen LogP contribution in [0.4, 0.5) is 0 Å². The fourth-order valence-corrected chi connectivity index (χ4v) is 2.49. The quantitative estimate of drug-likeness (QED) is 0.580. The molecule has 8 heteroatoms. The van der Waals surface area contributed by atoms with Crippen LogP contribution in [0.15, 0.2) is 44.5 Å². The summed E-state index contributed by atoms with van der Waals surface area (Å²) in [6.07, 6.45) is 1.66. The topological polar surface area (TPSA) is 85.3 Å². The molecular formula is C14H9ClN4O3. The normalized spacial score (nSPS) is 11.5. The molecule has 0 aliphatic carbocycles. The van der Waals surface area contributed by atoms with Crippen molar-refractivity contribution in [2.24, 2.45) is 7.05 Å². The molecule has 4 aromatic rings. The standard InChI is InChI=1S/C14H9ClN4O3/c1-18-11-10(12(20)17-13(18)21)19-6-9(22-14(19)16-11)7-2-4-8(15)5-3-7/h2-6H,1H3,(H,17,20,21). The van der Waals surface area contributed by atoms with Gasteiger partial charge in [0.25, 0.3) is 5.56 Å². The van der Waals surface area contributed by atoms with Crippen molar-refractivity contribution in [2.75, 3.05) is 0 Å². The van der Waals surface area contributed by atoms with Crippen LogP contribution in [0.25, 0.3) is 28.3 Å². The summed E-state index contributed by atoms with van der Waals surface area (Å²) >= 11 is 5.86. The summed E-state index contributed by atoms with van der Waals surface area (Å²) in [5, 5.41) is 0.622. The highest BCUT2D eigenvalue weighted by atomic mass is 35.5. The Morgan fingerprint density at radius 1 is 1.23 bits per heavy atom. The molecule has 0 saturated heterocycles. The molecule has 0 atom stereocenters. The van der Waals surface area contributed by atoms with E-state index < -0.39 is 11.2 Å². The highest BCUT2D eigenvalue weighted by Gasteiger charge is 2.16. The van der Waals surface area contributed by atoms with Gasteiger partial charge in [-0.15, -0.1) is 0 Å². The van der Waals surface area contributed by atoms with Crippen LogP contribution in [-0.4, -0.2) is 18.9 Å². The fraction of sp³-hybridized carbons (Fsp3) is 0.0714. The Bertz CT molecular complexity index is 1130. The number of H-pyrrole nitrogens is 1. The maximum Gasteiger partial charge on any atom is 0.329 e. The molecule has 0 radical (unpaired) electrons. The van der Waals surface area contributed by atoms with Crippen molar-refractivity contribution >= 4 is 28.6 Å². The maximum atomic E-state index is 12.0. The SMILES string of the molecule is Cn1c(=O)[nH]c(=O)c2c1nc1oc(-c3ccc(Cl)cc3)cn12. The molecule has 3 heterocycles. The van der Waals surface area contributed by atoms with Crippen molar-refractivity contribution in [1.29, 1.82) is 0 Å². The van der Waals surface area contributed by atoms with E-state index in [0.29, 0.717) is 10.8 Å². The third kappa shape index (κ3) is 1.72. The number of aromatic amines is 1. The number of benzene rings is 1. The van der Waals surface area contributed by atoms with Crippen LogP contribution in [-0.2, 0) is 7.05 Å². The molecule has 0 amide bonds. The summed E-state index contributed by atoms with van der Waals surface area (Å²) in [7, 11) is 1.53. The molecule has 0 aliphatic rings. The van der Waals surface area contributed by atoms with E-state index in [1.807, 2.05) is 12.1 Å². The van der Waals surface area contributed by atoms with Gasteiger partial charge in [-0.25, -0.2) is 4.79 Å². The highest BCUT2D eigenvalue weighted by molar-refractivity contribution is 6.30. The third-order valence-electron chi connectivity index (χ3n) is 3.49. The van der Waals surface area contributed by atoms with E-state index in [4.69, 9.17) is 16.0 Å². The molecule has 1 N–H and O–H groups in total. The lowest BCUT2D eigenvalue weighted by molar-refractivity contribution is 0.610. The van der Waals surface area contributed by atoms with Crippen LogP contribution in [0.2, 0.25) is 5.02 Å². The van der Waals surface area contributed by atoms with Gasteiger partial charge in [0, 0.05) is 17.6 Å². The lowest BCUT2D eigenvalue weighted by Crippen LogP contribution is -2.28. The summed E-state index contributed by atoms with van der Waals surface area (Å²) in [5.41, 5.74) is 0.325. The van der Waals surface area contributed by atoms with Crippen LogP contribution in [0.1, 0.15) is 0 Å². The first-order chi connectivity index (χ1) is 10.5. The molecule has 0 aliphatic heterocycles. The predicted octanol–water partition coefficient (Wildman–Crippen LogP) is 1.79. The lowest BCUT2D eigenvalue weighted by Gasteiger charge is -1.97. The van der Waals surface area contributed by atoms with Gasteiger partial charge >= 0.3 is 11.5 Å². The second-order valence-electron chi connectivity index (χ2n) is 4.86. The number of rotatable bonds is 1. The first-order valence-electron chi connectivity index (χ1n) is 6.41. The Labute approximate surface area is 127 Å². The van der Waals surface area contributed by atoms with Gasteiger partial charge in [-0.1, -0.05) is 11.6 Å². The van der Waals surface area contributed by atoms with Gasteiger partial charge in [-0.05, 0) is 24.3 Å². The molecule has 0 bridgehead atoms. The van der Waals surface area contributed by atoms with Crippen molar-refractivity contribution in [1.82, 2.24) is 18.9 Å². The minimum atomic E-state index is -0.517. The van der Waals surface area contributed by atoms with Crippen molar-refractivity contribution in [3.63, 3.8) is 0 Å². The zero-order chi connectivity index (χ0) is 15.4. The Hall–Kier alpha value is -2.80. The van der Waals surface area contributed by atoms with Crippen LogP contribution >= 0.6 is 11.6 Å². The Morgan fingerprint density at radius 2 is 1.95 bits per heavy atom. The molecule has 4 rings (SSSR count). The van der Waals surface area contributed by atoms with Crippen molar-refractivity contribution in [2.45, 2.75) is 0 Å². The van der Waals surface area contributed by atoms with Crippen LogP contribution < -0.4 is 11.2 Å². The number of nitrogens with one attached hydrogen (secondary N) is 1. The fourth-order valence-electron chi connectivity index (χ4n) is 2.36. The second kappa shape index (κ2) is 4.35. The van der Waals surface area contributed by atoms with E-state index in [1.54, 1.807) is 18.3 Å². The minimum absolute atomic E-state index is 0.242. The van der Waals surface area contributed by atoms with Crippen LogP contribution in [0.5, 0.6) is 0 Å². The number of hydrogen-bond donors (Lipinski definition) is 1. The second-order valence-corrected chi connectivity index (χ2v) is 5.29. The minimum Gasteiger partial charge on any atom is -0.423 e. The van der Waals surface area contributed by atoms with E-state index in [1.165, 1.54) is 16.0 Å². The van der Waals surface area contributed by atoms with Gasteiger partial charge in [0.2, 0.25) is 0 Å². The lowest BCUT2D eigenvalue weighted by atomic mass is 10.2. The zero-order valence-corrected chi connectivity index (χ0v) is 12.1. The molecule has 3 aromatic heterocycles. The van der Waals surface area contributed by atoms with Crippen molar-refractivity contribution < 1.29 is 4.42 Å². The number of oxazole rings is 1. The first kappa shape index (κ1) is 12.9. The molecular weight excluding hydrogens is 308 g/mol. The Kier molecular flexibility index (Phi) is 2.55. The van der Waals surface area contributed by atoms with Gasteiger partial charge in [0.1, 0.15) is 0 Å². The third-order valence-corrected chi connectivity index (χ3v) is 3.75. The molecule has 7 nitrogen and oxygen atoms in total. The highest BCUT2D eigenvalue weighted by Crippen LogP contribution is 2.25. The van der Waals surface area contributed by atoms with E-state index in [0.717, 1.165) is 5.56 Å². The molecule has 110 valence electrons. The molecule has 0 spiro atoms. The maximum absolute atomic E-state index is 12.0. The van der Waals surface area contributed by atoms with Gasteiger partial charge < -0.3 is 4.42 Å². The predicted molar refractivity (Wildman–Crippen MR) is 81.3 cm³/mol. The van der Waals surface area contributed by atoms with Gasteiger partial charge in [-0.2, -0.15) is 4.98 Å².